The maximum atomic E-state index is 12.5. The predicted molar refractivity (Wildman–Crippen MR) is 89.3 cm³/mol. The second-order valence-corrected chi connectivity index (χ2v) is 5.30. The van der Waals surface area contributed by atoms with Gasteiger partial charge in [-0.15, -0.1) is 0 Å². The first-order valence-corrected chi connectivity index (χ1v) is 7.19. The van der Waals surface area contributed by atoms with E-state index < -0.39 is 39.6 Å². The number of rotatable bonds is 3. The molecule has 5 N–H and O–H groups in total. The summed E-state index contributed by atoms with van der Waals surface area (Å²) in [6, 6.07) is 2.96. The molecule has 0 aliphatic carbocycles. The second-order valence-electron chi connectivity index (χ2n) is 5.30. The molecule has 1 aromatic heterocycles. The SMILES string of the molecule is COc1cc(-c2oc3c(OC)c(O)cc(O)c3c(=O)c2O)c(O)cc1O. The quantitative estimate of drug-likeness (QED) is 0.471. The van der Waals surface area contributed by atoms with Crippen molar-refractivity contribution in [1.29, 1.82) is 0 Å². The number of hydrogen-bond acceptors (Lipinski definition) is 9. The van der Waals surface area contributed by atoms with Crippen molar-refractivity contribution in [3.63, 3.8) is 0 Å². The van der Waals surface area contributed by atoms with Crippen LogP contribution in [0, 0.1) is 0 Å². The van der Waals surface area contributed by atoms with Gasteiger partial charge in [-0.05, 0) is 6.07 Å². The maximum Gasteiger partial charge on any atom is 0.238 e. The lowest BCUT2D eigenvalue weighted by molar-refractivity contribution is 0.364. The van der Waals surface area contributed by atoms with Crippen molar-refractivity contribution in [2.75, 3.05) is 14.2 Å². The summed E-state index contributed by atoms with van der Waals surface area (Å²) in [7, 11) is 2.48. The molecular formula is C17H14O9. The predicted octanol–water partition coefficient (Wildman–Crippen LogP) is 2.01. The zero-order chi connectivity index (χ0) is 19.2. The van der Waals surface area contributed by atoms with E-state index >= 15 is 0 Å². The number of methoxy groups -OCH3 is 2. The van der Waals surface area contributed by atoms with E-state index in [1.165, 1.54) is 14.2 Å². The zero-order valence-electron chi connectivity index (χ0n) is 13.6. The first-order chi connectivity index (χ1) is 12.3. The van der Waals surface area contributed by atoms with Gasteiger partial charge in [0.25, 0.3) is 0 Å². The Morgan fingerprint density at radius 2 is 1.50 bits per heavy atom. The van der Waals surface area contributed by atoms with Crippen LogP contribution in [-0.4, -0.2) is 39.8 Å². The zero-order valence-corrected chi connectivity index (χ0v) is 13.6. The van der Waals surface area contributed by atoms with Crippen LogP contribution in [-0.2, 0) is 0 Å². The molecule has 9 nitrogen and oxygen atoms in total. The number of phenols is 4. The Labute approximate surface area is 145 Å². The third kappa shape index (κ3) is 2.37. The van der Waals surface area contributed by atoms with Crippen molar-refractivity contribution < 1.29 is 39.4 Å². The van der Waals surface area contributed by atoms with E-state index in [-0.39, 0.29) is 28.4 Å². The molecule has 2 aromatic carbocycles. The number of ether oxygens (including phenoxy) is 2. The van der Waals surface area contributed by atoms with Crippen molar-refractivity contribution in [2.45, 2.75) is 0 Å². The van der Waals surface area contributed by atoms with Gasteiger partial charge >= 0.3 is 0 Å². The third-order valence-electron chi connectivity index (χ3n) is 3.80. The van der Waals surface area contributed by atoms with Crippen molar-refractivity contribution in [3.8, 4) is 51.6 Å². The van der Waals surface area contributed by atoms with Gasteiger partial charge in [-0.25, -0.2) is 0 Å². The Morgan fingerprint density at radius 3 is 2.12 bits per heavy atom. The van der Waals surface area contributed by atoms with Crippen LogP contribution in [0.15, 0.2) is 27.4 Å². The van der Waals surface area contributed by atoms with E-state index in [2.05, 4.69) is 0 Å². The highest BCUT2D eigenvalue weighted by atomic mass is 16.5. The van der Waals surface area contributed by atoms with Crippen LogP contribution >= 0.6 is 0 Å². The Morgan fingerprint density at radius 1 is 0.846 bits per heavy atom. The van der Waals surface area contributed by atoms with E-state index in [1.807, 2.05) is 0 Å². The Hall–Kier alpha value is -3.75. The molecule has 0 aliphatic rings. The van der Waals surface area contributed by atoms with Crippen LogP contribution in [0.4, 0.5) is 0 Å². The molecule has 0 fully saturated rings. The highest BCUT2D eigenvalue weighted by Crippen LogP contribution is 2.45. The molecule has 136 valence electrons. The third-order valence-corrected chi connectivity index (χ3v) is 3.80. The number of phenolic OH excluding ortho intramolecular Hbond substituents is 4. The minimum atomic E-state index is -1.01. The van der Waals surface area contributed by atoms with Crippen LogP contribution in [0.2, 0.25) is 0 Å². The van der Waals surface area contributed by atoms with E-state index in [0.717, 1.165) is 18.2 Å². The number of aromatic hydroxyl groups is 5. The molecule has 0 unspecified atom stereocenters. The smallest absolute Gasteiger partial charge is 0.238 e. The van der Waals surface area contributed by atoms with Crippen molar-refractivity contribution in [1.82, 2.24) is 0 Å². The topological polar surface area (TPSA) is 150 Å². The van der Waals surface area contributed by atoms with Gasteiger partial charge in [0, 0.05) is 12.1 Å². The van der Waals surface area contributed by atoms with Gasteiger partial charge in [-0.2, -0.15) is 0 Å². The summed E-state index contributed by atoms with van der Waals surface area (Å²) < 4.78 is 15.4. The Kier molecular flexibility index (Phi) is 3.91. The van der Waals surface area contributed by atoms with Crippen LogP contribution < -0.4 is 14.9 Å². The van der Waals surface area contributed by atoms with Crippen LogP contribution in [0.3, 0.4) is 0 Å². The molecule has 0 amide bonds. The van der Waals surface area contributed by atoms with Crippen LogP contribution in [0.25, 0.3) is 22.3 Å². The summed E-state index contributed by atoms with van der Waals surface area (Å²) in [5.41, 5.74) is -1.52. The average Bonchev–Trinajstić information content (AvgIpc) is 2.58. The van der Waals surface area contributed by atoms with Gasteiger partial charge in [0.2, 0.25) is 16.9 Å². The molecule has 9 heteroatoms. The molecular weight excluding hydrogens is 348 g/mol. The highest BCUT2D eigenvalue weighted by molar-refractivity contribution is 5.93. The molecule has 0 bridgehead atoms. The Bertz CT molecular complexity index is 1080. The van der Waals surface area contributed by atoms with E-state index in [1.54, 1.807) is 0 Å². The van der Waals surface area contributed by atoms with Gasteiger partial charge in [-0.3, -0.25) is 4.79 Å². The fraction of sp³-hybridized carbons (Fsp3) is 0.118. The van der Waals surface area contributed by atoms with Crippen LogP contribution in [0.1, 0.15) is 0 Å². The Balaban J connectivity index is 2.46. The first-order valence-electron chi connectivity index (χ1n) is 7.19. The summed E-state index contributed by atoms with van der Waals surface area (Å²) in [5.74, 6) is -3.67. The minimum absolute atomic E-state index is 0.0503. The molecule has 0 spiro atoms. The maximum absolute atomic E-state index is 12.5. The van der Waals surface area contributed by atoms with E-state index in [9.17, 15) is 30.3 Å². The summed E-state index contributed by atoms with van der Waals surface area (Å²) in [4.78, 5) is 12.5. The molecule has 26 heavy (non-hydrogen) atoms. The van der Waals surface area contributed by atoms with Gasteiger partial charge in [0.05, 0.1) is 19.8 Å². The molecule has 3 rings (SSSR count). The van der Waals surface area contributed by atoms with Crippen LogP contribution in [0.5, 0.6) is 40.2 Å². The summed E-state index contributed by atoms with van der Waals surface area (Å²) in [6.07, 6.45) is 0. The largest absolute Gasteiger partial charge is 0.507 e. The molecule has 0 aliphatic heterocycles. The summed E-state index contributed by atoms with van der Waals surface area (Å²) in [5, 5.41) is 49.4. The lowest BCUT2D eigenvalue weighted by Crippen LogP contribution is -2.04. The lowest BCUT2D eigenvalue weighted by atomic mass is 10.1. The normalized spacial score (nSPS) is 10.8. The van der Waals surface area contributed by atoms with Gasteiger partial charge < -0.3 is 39.4 Å². The second kappa shape index (κ2) is 5.96. The minimum Gasteiger partial charge on any atom is -0.507 e. The lowest BCUT2D eigenvalue weighted by Gasteiger charge is -2.13. The monoisotopic (exact) mass is 362 g/mol. The van der Waals surface area contributed by atoms with Gasteiger partial charge in [0.15, 0.2) is 28.6 Å². The van der Waals surface area contributed by atoms with Crippen molar-refractivity contribution in [3.05, 3.63) is 28.4 Å². The summed E-state index contributed by atoms with van der Waals surface area (Å²) >= 11 is 0. The molecule has 1 heterocycles. The fourth-order valence-corrected chi connectivity index (χ4v) is 2.58. The number of fused-ring (bicyclic) bond motifs is 1. The van der Waals surface area contributed by atoms with Gasteiger partial charge in [-0.1, -0.05) is 0 Å². The van der Waals surface area contributed by atoms with E-state index in [0.29, 0.717) is 0 Å². The standard InChI is InChI=1S/C17H14O9/c1-24-11-3-6(7(18)4-8(11)19)15-14(23)13(22)12-9(20)5-10(21)16(25-2)17(12)26-15/h3-5,18-21,23H,1-2H3. The first kappa shape index (κ1) is 17.1. The number of benzene rings is 2. The average molecular weight is 362 g/mol. The summed E-state index contributed by atoms with van der Waals surface area (Å²) in [6.45, 7) is 0. The molecule has 0 radical (unpaired) electrons. The van der Waals surface area contributed by atoms with Crippen molar-refractivity contribution in [2.24, 2.45) is 0 Å². The molecule has 0 saturated carbocycles. The molecule has 3 aromatic rings. The molecule has 0 atom stereocenters. The van der Waals surface area contributed by atoms with E-state index in [4.69, 9.17) is 13.9 Å². The fourth-order valence-electron chi connectivity index (χ4n) is 2.58. The van der Waals surface area contributed by atoms with Gasteiger partial charge in [0.1, 0.15) is 16.9 Å². The van der Waals surface area contributed by atoms with Crippen molar-refractivity contribution >= 4 is 11.0 Å². The molecule has 0 saturated heterocycles. The highest BCUT2D eigenvalue weighted by Gasteiger charge is 2.25. The number of hydrogen-bond donors (Lipinski definition) is 5.